The Balaban J connectivity index is 1.86. The molecule has 23 heavy (non-hydrogen) atoms. The van der Waals surface area contributed by atoms with Crippen LogP contribution in [-0.2, 0) is 17.8 Å². The van der Waals surface area contributed by atoms with E-state index in [1.165, 1.54) is 12.1 Å². The molecule has 2 rings (SSSR count). The minimum absolute atomic E-state index is 0.0722. The summed E-state index contributed by atoms with van der Waals surface area (Å²) in [5.41, 5.74) is 1.44. The molecule has 0 radical (unpaired) electrons. The van der Waals surface area contributed by atoms with Crippen LogP contribution in [0.2, 0.25) is 10.0 Å². The van der Waals surface area contributed by atoms with Crippen LogP contribution in [0.15, 0.2) is 42.5 Å². The molecule has 1 N–H and O–H groups in total. The van der Waals surface area contributed by atoms with E-state index in [2.05, 4.69) is 10.1 Å². The lowest BCUT2D eigenvalue weighted by Gasteiger charge is -2.08. The third-order valence-electron chi connectivity index (χ3n) is 3.00. The highest BCUT2D eigenvalue weighted by molar-refractivity contribution is 6.35. The summed E-state index contributed by atoms with van der Waals surface area (Å²) in [7, 11) is 0. The highest BCUT2D eigenvalue weighted by Crippen LogP contribution is 2.21. The minimum atomic E-state index is -2.86. The van der Waals surface area contributed by atoms with Crippen LogP contribution in [0.5, 0.6) is 5.75 Å². The van der Waals surface area contributed by atoms with Crippen LogP contribution in [-0.4, -0.2) is 12.5 Å². The molecule has 0 saturated heterocycles. The molecule has 0 aliphatic rings. The number of carbonyl (C=O) groups is 1. The molecule has 0 unspecified atom stereocenters. The van der Waals surface area contributed by atoms with Gasteiger partial charge in [-0.05, 0) is 35.4 Å². The smallest absolute Gasteiger partial charge is 0.387 e. The van der Waals surface area contributed by atoms with Gasteiger partial charge in [0.1, 0.15) is 5.75 Å². The van der Waals surface area contributed by atoms with Crippen LogP contribution in [0.4, 0.5) is 8.78 Å². The zero-order chi connectivity index (χ0) is 16.8. The zero-order valence-corrected chi connectivity index (χ0v) is 13.4. The van der Waals surface area contributed by atoms with Crippen molar-refractivity contribution >= 4 is 29.1 Å². The minimum Gasteiger partial charge on any atom is -0.435 e. The number of hydrogen-bond acceptors (Lipinski definition) is 2. The van der Waals surface area contributed by atoms with Crippen molar-refractivity contribution in [3.8, 4) is 5.75 Å². The fourth-order valence-electron chi connectivity index (χ4n) is 1.89. The van der Waals surface area contributed by atoms with E-state index in [9.17, 15) is 13.6 Å². The summed E-state index contributed by atoms with van der Waals surface area (Å²) in [4.78, 5) is 11.9. The van der Waals surface area contributed by atoms with Crippen molar-refractivity contribution in [2.75, 3.05) is 0 Å². The average Bonchev–Trinajstić information content (AvgIpc) is 2.49. The van der Waals surface area contributed by atoms with E-state index in [1.54, 1.807) is 30.3 Å². The largest absolute Gasteiger partial charge is 0.435 e. The van der Waals surface area contributed by atoms with Gasteiger partial charge in [-0.1, -0.05) is 41.4 Å². The Bertz CT molecular complexity index is 678. The van der Waals surface area contributed by atoms with Crippen LogP contribution in [0.1, 0.15) is 11.1 Å². The second-order valence-corrected chi connectivity index (χ2v) is 5.56. The number of benzene rings is 2. The molecule has 1 amide bonds. The molecule has 0 spiro atoms. The molecule has 0 atom stereocenters. The second-order valence-electron chi connectivity index (χ2n) is 4.71. The summed E-state index contributed by atoms with van der Waals surface area (Å²) < 4.78 is 28.3. The van der Waals surface area contributed by atoms with E-state index >= 15 is 0 Å². The summed E-state index contributed by atoms with van der Waals surface area (Å²) in [5.74, 6) is -0.134. The zero-order valence-electron chi connectivity index (χ0n) is 11.9. The molecule has 3 nitrogen and oxygen atoms in total. The standard InChI is InChI=1S/C16H13Cl2F2NO2/c17-12-4-3-11(14(18)8-12)7-15(22)21-9-10-1-5-13(6-2-10)23-16(19)20/h1-6,8,16H,7,9H2,(H,21,22). The van der Waals surface area contributed by atoms with Gasteiger partial charge in [-0.2, -0.15) is 8.78 Å². The lowest BCUT2D eigenvalue weighted by molar-refractivity contribution is -0.120. The van der Waals surface area contributed by atoms with Gasteiger partial charge in [0.15, 0.2) is 0 Å². The van der Waals surface area contributed by atoms with Crippen LogP contribution >= 0.6 is 23.2 Å². The molecular weight excluding hydrogens is 347 g/mol. The summed E-state index contributed by atoms with van der Waals surface area (Å²) in [6.07, 6.45) is 0.128. The van der Waals surface area contributed by atoms with Crippen LogP contribution in [0, 0.1) is 0 Å². The van der Waals surface area contributed by atoms with Gasteiger partial charge in [-0.25, -0.2) is 0 Å². The van der Waals surface area contributed by atoms with Crippen molar-refractivity contribution in [3.63, 3.8) is 0 Å². The number of hydrogen-bond donors (Lipinski definition) is 1. The summed E-state index contributed by atoms with van der Waals surface area (Å²) in [6, 6.07) is 11.0. The van der Waals surface area contributed by atoms with Crippen molar-refractivity contribution in [3.05, 3.63) is 63.6 Å². The summed E-state index contributed by atoms with van der Waals surface area (Å²) in [5, 5.41) is 3.67. The predicted molar refractivity (Wildman–Crippen MR) is 85.1 cm³/mol. The molecule has 0 aliphatic carbocycles. The average molecular weight is 360 g/mol. The van der Waals surface area contributed by atoms with Crippen LogP contribution in [0.25, 0.3) is 0 Å². The van der Waals surface area contributed by atoms with Gasteiger partial charge in [0.2, 0.25) is 5.91 Å². The first-order valence-corrected chi connectivity index (χ1v) is 7.44. The van der Waals surface area contributed by atoms with E-state index in [-0.39, 0.29) is 24.6 Å². The van der Waals surface area contributed by atoms with E-state index in [4.69, 9.17) is 23.2 Å². The first-order valence-electron chi connectivity index (χ1n) is 6.68. The predicted octanol–water partition coefficient (Wildman–Crippen LogP) is 4.45. The number of ether oxygens (including phenoxy) is 1. The molecule has 0 aliphatic heterocycles. The maximum Gasteiger partial charge on any atom is 0.387 e. The van der Waals surface area contributed by atoms with Crippen LogP contribution < -0.4 is 10.1 Å². The van der Waals surface area contributed by atoms with Gasteiger partial charge in [0, 0.05) is 16.6 Å². The number of alkyl halides is 2. The highest BCUT2D eigenvalue weighted by atomic mass is 35.5. The van der Waals surface area contributed by atoms with Gasteiger partial charge in [-0.15, -0.1) is 0 Å². The van der Waals surface area contributed by atoms with E-state index in [0.717, 1.165) is 5.56 Å². The molecule has 122 valence electrons. The maximum atomic E-state index is 12.0. The number of nitrogens with one attached hydrogen (secondary N) is 1. The van der Waals surface area contributed by atoms with Crippen molar-refractivity contribution in [2.45, 2.75) is 19.6 Å². The monoisotopic (exact) mass is 359 g/mol. The van der Waals surface area contributed by atoms with Gasteiger partial charge >= 0.3 is 6.61 Å². The molecule has 7 heteroatoms. The lowest BCUT2D eigenvalue weighted by atomic mass is 10.1. The summed E-state index contributed by atoms with van der Waals surface area (Å²) >= 11 is 11.8. The van der Waals surface area contributed by atoms with Crippen LogP contribution in [0.3, 0.4) is 0 Å². The Kier molecular flexibility index (Phi) is 6.19. The first kappa shape index (κ1) is 17.5. The lowest BCUT2D eigenvalue weighted by Crippen LogP contribution is -2.24. The third-order valence-corrected chi connectivity index (χ3v) is 3.59. The Morgan fingerprint density at radius 3 is 2.43 bits per heavy atom. The molecule has 0 fully saturated rings. The Morgan fingerprint density at radius 1 is 1.13 bits per heavy atom. The molecule has 0 aromatic heterocycles. The molecule has 2 aromatic carbocycles. The number of carbonyl (C=O) groups excluding carboxylic acids is 1. The molecular formula is C16H13Cl2F2NO2. The number of rotatable bonds is 6. The normalized spacial score (nSPS) is 10.7. The van der Waals surface area contributed by atoms with E-state index in [1.807, 2.05) is 0 Å². The molecule has 0 bridgehead atoms. The highest BCUT2D eigenvalue weighted by Gasteiger charge is 2.08. The van der Waals surface area contributed by atoms with Crippen molar-refractivity contribution in [1.82, 2.24) is 5.32 Å². The van der Waals surface area contributed by atoms with Crippen molar-refractivity contribution in [2.24, 2.45) is 0 Å². The van der Waals surface area contributed by atoms with E-state index in [0.29, 0.717) is 15.6 Å². The van der Waals surface area contributed by atoms with Crippen molar-refractivity contribution in [1.29, 1.82) is 0 Å². The van der Waals surface area contributed by atoms with Gasteiger partial charge < -0.3 is 10.1 Å². The van der Waals surface area contributed by atoms with Gasteiger partial charge in [0.25, 0.3) is 0 Å². The van der Waals surface area contributed by atoms with E-state index < -0.39 is 6.61 Å². The number of amides is 1. The molecule has 0 heterocycles. The van der Waals surface area contributed by atoms with Crippen molar-refractivity contribution < 1.29 is 18.3 Å². The molecule has 2 aromatic rings. The third kappa shape index (κ3) is 5.69. The second kappa shape index (κ2) is 8.13. The number of halogens is 4. The maximum absolute atomic E-state index is 12.0. The first-order chi connectivity index (χ1) is 10.9. The topological polar surface area (TPSA) is 38.3 Å². The van der Waals surface area contributed by atoms with Gasteiger partial charge in [-0.3, -0.25) is 4.79 Å². The SMILES string of the molecule is O=C(Cc1ccc(Cl)cc1Cl)NCc1ccc(OC(F)F)cc1. The quantitative estimate of drug-likeness (QED) is 0.827. The fraction of sp³-hybridized carbons (Fsp3) is 0.188. The van der Waals surface area contributed by atoms with Gasteiger partial charge in [0.05, 0.1) is 6.42 Å². The Morgan fingerprint density at radius 2 is 1.83 bits per heavy atom. The fourth-order valence-corrected chi connectivity index (χ4v) is 2.37. The Hall–Kier alpha value is -1.85. The Labute approximate surface area is 142 Å². The summed E-state index contributed by atoms with van der Waals surface area (Å²) in [6.45, 7) is -2.58. The molecule has 0 saturated carbocycles.